The molecule has 0 spiro atoms. The Morgan fingerprint density at radius 2 is 2.13 bits per heavy atom. The summed E-state index contributed by atoms with van der Waals surface area (Å²) >= 11 is 5.55. The predicted molar refractivity (Wildman–Crippen MR) is 63.3 cm³/mol. The van der Waals surface area contributed by atoms with Gasteiger partial charge < -0.3 is 10.1 Å². The van der Waals surface area contributed by atoms with E-state index < -0.39 is 6.10 Å². The largest absolute Gasteiger partial charge is 0.392 e. The highest BCUT2D eigenvalue weighted by Crippen LogP contribution is 2.19. The van der Waals surface area contributed by atoms with Crippen molar-refractivity contribution in [1.29, 1.82) is 0 Å². The summed E-state index contributed by atoms with van der Waals surface area (Å²) in [5.74, 6) is 0.308. The molecule has 0 aliphatic heterocycles. The molecule has 1 unspecified atom stereocenters. The lowest BCUT2D eigenvalue weighted by atomic mass is 10.1. The quantitative estimate of drug-likeness (QED) is 0.769. The van der Waals surface area contributed by atoms with Crippen LogP contribution in [0.4, 0.5) is 0 Å². The first kappa shape index (κ1) is 10.5. The maximum atomic E-state index is 9.39. The van der Waals surface area contributed by atoms with E-state index in [1.54, 1.807) is 0 Å². The Morgan fingerprint density at radius 3 is 2.93 bits per heavy atom. The van der Waals surface area contributed by atoms with E-state index in [-0.39, 0.29) is 0 Å². The van der Waals surface area contributed by atoms with Gasteiger partial charge in [0, 0.05) is 23.0 Å². The van der Waals surface area contributed by atoms with E-state index in [2.05, 4.69) is 17.1 Å². The van der Waals surface area contributed by atoms with Crippen LogP contribution in [0.1, 0.15) is 12.0 Å². The number of para-hydroxylation sites is 1. The SMILES string of the molecule is OC(CCl)CCc1c[nH]c2ccccc12. The van der Waals surface area contributed by atoms with Gasteiger partial charge >= 0.3 is 0 Å². The Labute approximate surface area is 93.9 Å². The summed E-state index contributed by atoms with van der Waals surface area (Å²) in [6.07, 6.45) is 3.18. The number of alkyl halides is 1. The maximum absolute atomic E-state index is 9.39. The van der Waals surface area contributed by atoms with E-state index in [1.165, 1.54) is 10.9 Å². The number of rotatable bonds is 4. The van der Waals surface area contributed by atoms with Crippen LogP contribution >= 0.6 is 11.6 Å². The molecule has 0 fully saturated rings. The summed E-state index contributed by atoms with van der Waals surface area (Å²) in [7, 11) is 0. The first-order valence-corrected chi connectivity index (χ1v) is 5.63. The molecular formula is C12H14ClNO. The Bertz CT molecular complexity index is 438. The maximum Gasteiger partial charge on any atom is 0.0678 e. The molecule has 1 aromatic carbocycles. The van der Waals surface area contributed by atoms with Crippen molar-refractivity contribution in [3.8, 4) is 0 Å². The Balaban J connectivity index is 2.14. The number of fused-ring (bicyclic) bond motifs is 1. The zero-order valence-electron chi connectivity index (χ0n) is 8.41. The third kappa shape index (κ3) is 2.33. The second kappa shape index (κ2) is 4.69. The van der Waals surface area contributed by atoms with Crippen molar-refractivity contribution in [2.75, 3.05) is 5.88 Å². The van der Waals surface area contributed by atoms with Gasteiger partial charge in [0.2, 0.25) is 0 Å². The second-order valence-corrected chi connectivity index (χ2v) is 4.01. The van der Waals surface area contributed by atoms with Crippen molar-refractivity contribution in [3.05, 3.63) is 36.0 Å². The lowest BCUT2D eigenvalue weighted by Gasteiger charge is -2.04. The average molecular weight is 224 g/mol. The Morgan fingerprint density at radius 1 is 1.33 bits per heavy atom. The van der Waals surface area contributed by atoms with Crippen molar-refractivity contribution in [2.45, 2.75) is 18.9 Å². The number of aliphatic hydroxyl groups is 1. The molecule has 1 aromatic heterocycles. The first-order valence-electron chi connectivity index (χ1n) is 5.10. The molecular weight excluding hydrogens is 210 g/mol. The van der Waals surface area contributed by atoms with Gasteiger partial charge in [0.1, 0.15) is 0 Å². The lowest BCUT2D eigenvalue weighted by molar-refractivity contribution is 0.188. The van der Waals surface area contributed by atoms with Gasteiger partial charge in [-0.05, 0) is 24.5 Å². The highest BCUT2D eigenvalue weighted by molar-refractivity contribution is 6.18. The number of hydrogen-bond donors (Lipinski definition) is 2. The molecule has 0 aliphatic rings. The van der Waals surface area contributed by atoms with Crippen LogP contribution in [0, 0.1) is 0 Å². The van der Waals surface area contributed by atoms with E-state index in [0.717, 1.165) is 11.9 Å². The minimum Gasteiger partial charge on any atom is -0.392 e. The standard InChI is InChI=1S/C12H14ClNO/c13-7-10(15)6-5-9-8-14-12-4-2-1-3-11(9)12/h1-4,8,10,14-15H,5-7H2. The number of aliphatic hydroxyl groups excluding tert-OH is 1. The van der Waals surface area contributed by atoms with Gasteiger partial charge in [-0.15, -0.1) is 11.6 Å². The van der Waals surface area contributed by atoms with E-state index >= 15 is 0 Å². The fourth-order valence-electron chi connectivity index (χ4n) is 1.74. The van der Waals surface area contributed by atoms with Crippen LogP contribution in [-0.2, 0) is 6.42 Å². The predicted octanol–water partition coefficient (Wildman–Crippen LogP) is 2.70. The van der Waals surface area contributed by atoms with Gasteiger partial charge in [-0.3, -0.25) is 0 Å². The smallest absolute Gasteiger partial charge is 0.0678 e. The number of aromatic nitrogens is 1. The van der Waals surface area contributed by atoms with Gasteiger partial charge in [-0.1, -0.05) is 18.2 Å². The van der Waals surface area contributed by atoms with Crippen molar-refractivity contribution < 1.29 is 5.11 Å². The summed E-state index contributed by atoms with van der Waals surface area (Å²) in [6.45, 7) is 0. The zero-order valence-corrected chi connectivity index (χ0v) is 9.17. The summed E-state index contributed by atoms with van der Waals surface area (Å²) < 4.78 is 0. The average Bonchev–Trinajstić information content (AvgIpc) is 2.69. The van der Waals surface area contributed by atoms with Crippen LogP contribution in [0.5, 0.6) is 0 Å². The van der Waals surface area contributed by atoms with Gasteiger partial charge in [0.05, 0.1) is 6.10 Å². The van der Waals surface area contributed by atoms with E-state index in [9.17, 15) is 5.11 Å². The third-order valence-electron chi connectivity index (χ3n) is 2.60. The van der Waals surface area contributed by atoms with Crippen molar-refractivity contribution >= 4 is 22.5 Å². The molecule has 0 amide bonds. The van der Waals surface area contributed by atoms with E-state index in [1.807, 2.05) is 18.3 Å². The number of aryl methyl sites for hydroxylation is 1. The van der Waals surface area contributed by atoms with Crippen LogP contribution in [-0.4, -0.2) is 22.1 Å². The third-order valence-corrected chi connectivity index (χ3v) is 2.96. The van der Waals surface area contributed by atoms with Crippen molar-refractivity contribution in [3.63, 3.8) is 0 Å². The normalized spacial score (nSPS) is 13.2. The molecule has 3 heteroatoms. The van der Waals surface area contributed by atoms with Crippen molar-refractivity contribution in [1.82, 2.24) is 4.98 Å². The number of H-pyrrole nitrogens is 1. The van der Waals surface area contributed by atoms with E-state index in [0.29, 0.717) is 12.3 Å². The Hall–Kier alpha value is -0.990. The van der Waals surface area contributed by atoms with Gasteiger partial charge in [-0.2, -0.15) is 0 Å². The summed E-state index contributed by atoms with van der Waals surface area (Å²) in [5.41, 5.74) is 2.39. The molecule has 0 saturated carbocycles. The van der Waals surface area contributed by atoms with Crippen LogP contribution in [0.3, 0.4) is 0 Å². The van der Waals surface area contributed by atoms with Crippen LogP contribution in [0.2, 0.25) is 0 Å². The summed E-state index contributed by atoms with van der Waals surface area (Å²) in [5, 5.41) is 10.6. The molecule has 2 aromatic rings. The summed E-state index contributed by atoms with van der Waals surface area (Å²) in [6, 6.07) is 8.18. The van der Waals surface area contributed by atoms with Crippen LogP contribution in [0.25, 0.3) is 10.9 Å². The fourth-order valence-corrected chi connectivity index (χ4v) is 1.89. The monoisotopic (exact) mass is 223 g/mol. The molecule has 2 nitrogen and oxygen atoms in total. The number of benzene rings is 1. The van der Waals surface area contributed by atoms with Gasteiger partial charge in [0.15, 0.2) is 0 Å². The number of aromatic amines is 1. The lowest BCUT2D eigenvalue weighted by Crippen LogP contribution is -2.08. The summed E-state index contributed by atoms with van der Waals surface area (Å²) in [4.78, 5) is 3.22. The van der Waals surface area contributed by atoms with Crippen LogP contribution in [0.15, 0.2) is 30.5 Å². The molecule has 1 atom stereocenters. The molecule has 0 radical (unpaired) electrons. The Kier molecular flexibility index (Phi) is 3.29. The molecule has 15 heavy (non-hydrogen) atoms. The first-order chi connectivity index (χ1) is 7.31. The molecule has 2 rings (SSSR count). The van der Waals surface area contributed by atoms with Crippen molar-refractivity contribution in [2.24, 2.45) is 0 Å². The highest BCUT2D eigenvalue weighted by Gasteiger charge is 2.06. The number of nitrogens with one attached hydrogen (secondary N) is 1. The molecule has 80 valence electrons. The van der Waals surface area contributed by atoms with Gasteiger partial charge in [0.25, 0.3) is 0 Å². The minimum absolute atomic E-state index is 0.308. The minimum atomic E-state index is -0.402. The molecule has 2 N–H and O–H groups in total. The highest BCUT2D eigenvalue weighted by atomic mass is 35.5. The number of hydrogen-bond acceptors (Lipinski definition) is 1. The molecule has 0 saturated heterocycles. The molecule has 0 aliphatic carbocycles. The number of halogens is 1. The molecule has 1 heterocycles. The van der Waals surface area contributed by atoms with E-state index in [4.69, 9.17) is 11.6 Å². The topological polar surface area (TPSA) is 36.0 Å². The second-order valence-electron chi connectivity index (χ2n) is 3.71. The zero-order chi connectivity index (χ0) is 10.7. The van der Waals surface area contributed by atoms with Crippen LogP contribution < -0.4 is 0 Å². The molecule has 0 bridgehead atoms. The van der Waals surface area contributed by atoms with Gasteiger partial charge in [-0.25, -0.2) is 0 Å². The fraction of sp³-hybridized carbons (Fsp3) is 0.333.